The molecule has 2 atom stereocenters. The maximum atomic E-state index is 13.5. The molecule has 2 aromatic rings. The number of methoxy groups -OCH3 is 1. The Hall–Kier alpha value is -3.44. The highest BCUT2D eigenvalue weighted by molar-refractivity contribution is 8.15. The van der Waals surface area contributed by atoms with Gasteiger partial charge >= 0.3 is 0 Å². The molecule has 1 aromatic heterocycles. The van der Waals surface area contributed by atoms with Crippen LogP contribution in [0.15, 0.2) is 57.1 Å². The minimum atomic E-state index is -0.704. The SMILES string of the molecule is CC[C@H](SC1=Nc2ccccc2C2=N[C@H](CCC(=O)NCc3ccco3)C(=O)N12)C(=O)NCCCOC. The fourth-order valence-corrected chi connectivity index (χ4v) is 5.06. The summed E-state index contributed by atoms with van der Waals surface area (Å²) in [5.41, 5.74) is 1.45. The molecule has 0 bridgehead atoms. The van der Waals surface area contributed by atoms with Crippen molar-refractivity contribution in [2.24, 2.45) is 9.98 Å². The Labute approximate surface area is 219 Å². The third-order valence-corrected chi connectivity index (χ3v) is 7.28. The molecule has 0 fully saturated rings. The van der Waals surface area contributed by atoms with Crippen LogP contribution in [0.25, 0.3) is 0 Å². The van der Waals surface area contributed by atoms with Crippen molar-refractivity contribution < 1.29 is 23.5 Å². The zero-order valence-electron chi connectivity index (χ0n) is 20.9. The lowest BCUT2D eigenvalue weighted by Crippen LogP contribution is -2.43. The highest BCUT2D eigenvalue weighted by Crippen LogP contribution is 2.35. The summed E-state index contributed by atoms with van der Waals surface area (Å²) in [4.78, 5) is 49.5. The molecule has 2 aliphatic heterocycles. The molecule has 2 N–H and O–H groups in total. The van der Waals surface area contributed by atoms with Crippen molar-refractivity contribution in [3.05, 3.63) is 54.0 Å². The quantitative estimate of drug-likeness (QED) is 0.411. The second kappa shape index (κ2) is 12.7. The number of benzene rings is 1. The maximum Gasteiger partial charge on any atom is 0.259 e. The second-order valence-electron chi connectivity index (χ2n) is 8.60. The van der Waals surface area contributed by atoms with Gasteiger partial charge in [0.2, 0.25) is 11.8 Å². The molecule has 10 nitrogen and oxygen atoms in total. The average molecular weight is 526 g/mol. The fraction of sp³-hybridized carbons (Fsp3) is 0.423. The van der Waals surface area contributed by atoms with Crippen LogP contribution in [0.2, 0.25) is 0 Å². The first-order chi connectivity index (χ1) is 18.0. The molecule has 196 valence electrons. The van der Waals surface area contributed by atoms with E-state index in [0.717, 1.165) is 12.0 Å². The van der Waals surface area contributed by atoms with E-state index < -0.39 is 11.3 Å². The van der Waals surface area contributed by atoms with E-state index in [1.54, 1.807) is 25.5 Å². The minimum absolute atomic E-state index is 0.111. The van der Waals surface area contributed by atoms with Gasteiger partial charge in [-0.15, -0.1) is 0 Å². The third kappa shape index (κ3) is 6.47. The van der Waals surface area contributed by atoms with Gasteiger partial charge in [0.1, 0.15) is 17.6 Å². The van der Waals surface area contributed by atoms with Crippen LogP contribution in [0.1, 0.15) is 43.9 Å². The molecular weight excluding hydrogens is 494 g/mol. The lowest BCUT2D eigenvalue weighted by Gasteiger charge is -2.27. The van der Waals surface area contributed by atoms with Crippen LogP contribution in [0.4, 0.5) is 5.69 Å². The molecule has 11 heteroatoms. The summed E-state index contributed by atoms with van der Waals surface area (Å²) in [6.07, 6.45) is 3.24. The number of amides is 3. The van der Waals surface area contributed by atoms with Gasteiger partial charge in [-0.3, -0.25) is 19.4 Å². The van der Waals surface area contributed by atoms with Crippen LogP contribution >= 0.6 is 11.8 Å². The average Bonchev–Trinajstić information content (AvgIpc) is 3.55. The summed E-state index contributed by atoms with van der Waals surface area (Å²) in [6, 6.07) is 10.3. The van der Waals surface area contributed by atoms with Crippen LogP contribution in [0.3, 0.4) is 0 Å². The van der Waals surface area contributed by atoms with E-state index in [-0.39, 0.29) is 37.1 Å². The summed E-state index contributed by atoms with van der Waals surface area (Å²) >= 11 is 1.26. The van der Waals surface area contributed by atoms with Crippen molar-refractivity contribution >= 4 is 46.2 Å². The second-order valence-corrected chi connectivity index (χ2v) is 9.77. The Kier molecular flexibility index (Phi) is 9.13. The van der Waals surface area contributed by atoms with Gasteiger partial charge in [0.15, 0.2) is 5.17 Å². The lowest BCUT2D eigenvalue weighted by atomic mass is 10.1. The minimum Gasteiger partial charge on any atom is -0.467 e. The molecule has 0 saturated heterocycles. The van der Waals surface area contributed by atoms with Crippen LogP contribution in [0.5, 0.6) is 0 Å². The van der Waals surface area contributed by atoms with E-state index in [1.807, 2.05) is 31.2 Å². The summed E-state index contributed by atoms with van der Waals surface area (Å²) in [6.45, 7) is 3.29. The number of para-hydroxylation sites is 1. The fourth-order valence-electron chi connectivity index (χ4n) is 4.02. The Bertz CT molecular complexity index is 1180. The molecule has 4 rings (SSSR count). The topological polar surface area (TPSA) is 126 Å². The van der Waals surface area contributed by atoms with Crippen molar-refractivity contribution in [1.29, 1.82) is 0 Å². The predicted molar refractivity (Wildman–Crippen MR) is 142 cm³/mol. The maximum absolute atomic E-state index is 13.5. The van der Waals surface area contributed by atoms with Crippen molar-refractivity contribution in [2.45, 2.75) is 50.4 Å². The summed E-state index contributed by atoms with van der Waals surface area (Å²) in [5.74, 6) is 0.624. The monoisotopic (exact) mass is 525 g/mol. The van der Waals surface area contributed by atoms with Gasteiger partial charge < -0.3 is 19.8 Å². The molecule has 1 aromatic carbocycles. The van der Waals surface area contributed by atoms with Crippen molar-refractivity contribution in [1.82, 2.24) is 15.5 Å². The number of amidine groups is 2. The molecule has 3 amide bonds. The lowest BCUT2D eigenvalue weighted by molar-refractivity contribution is -0.125. The van der Waals surface area contributed by atoms with Gasteiger partial charge in [-0.05, 0) is 43.5 Å². The van der Waals surface area contributed by atoms with Crippen molar-refractivity contribution in [2.75, 3.05) is 20.3 Å². The largest absolute Gasteiger partial charge is 0.467 e. The number of carbonyl (C=O) groups excluding carboxylic acids is 3. The Morgan fingerprint density at radius 1 is 1.22 bits per heavy atom. The van der Waals surface area contributed by atoms with Gasteiger partial charge in [0, 0.05) is 32.2 Å². The molecule has 0 radical (unpaired) electrons. The van der Waals surface area contributed by atoms with Gasteiger partial charge in [0.05, 0.1) is 23.7 Å². The molecule has 0 unspecified atom stereocenters. The Morgan fingerprint density at radius 2 is 2.05 bits per heavy atom. The zero-order valence-corrected chi connectivity index (χ0v) is 21.8. The van der Waals surface area contributed by atoms with Crippen molar-refractivity contribution in [3.63, 3.8) is 0 Å². The zero-order chi connectivity index (χ0) is 26.2. The standard InChI is InChI=1S/C26H31N5O5S/c1-3-21(24(33)27-13-7-14-35-2)37-26-30-19-10-5-4-9-18(19)23-29-20(25(34)31(23)26)11-12-22(32)28-16-17-8-6-15-36-17/h4-6,8-10,15,20-21H,3,7,11-14,16H2,1-2H3,(H,27,33)(H,28,32)/t20-,21+/m1/s1. The van der Waals surface area contributed by atoms with Crippen LogP contribution < -0.4 is 10.6 Å². The molecular formula is C26H31N5O5S. The van der Waals surface area contributed by atoms with Gasteiger partial charge in [-0.1, -0.05) is 30.8 Å². The van der Waals surface area contributed by atoms with Gasteiger partial charge in [-0.2, -0.15) is 0 Å². The normalized spacial score (nSPS) is 17.0. The number of nitrogens with zero attached hydrogens (tertiary/aromatic N) is 3. The number of fused-ring (bicyclic) bond motifs is 3. The molecule has 0 saturated carbocycles. The molecule has 0 aliphatic carbocycles. The van der Waals surface area contributed by atoms with E-state index in [2.05, 4.69) is 10.6 Å². The number of aliphatic imine (C=N–C) groups is 2. The number of thioether (sulfide) groups is 1. The molecule has 3 heterocycles. The number of ether oxygens (including phenoxy) is 1. The molecule has 0 spiro atoms. The smallest absolute Gasteiger partial charge is 0.259 e. The first-order valence-corrected chi connectivity index (χ1v) is 13.2. The van der Waals surface area contributed by atoms with Gasteiger partial charge in [-0.25, -0.2) is 9.89 Å². The molecule has 2 aliphatic rings. The number of rotatable bonds is 12. The highest BCUT2D eigenvalue weighted by atomic mass is 32.2. The van der Waals surface area contributed by atoms with E-state index in [0.29, 0.717) is 42.0 Å². The summed E-state index contributed by atoms with van der Waals surface area (Å²) in [7, 11) is 1.62. The highest BCUT2D eigenvalue weighted by Gasteiger charge is 2.42. The first-order valence-electron chi connectivity index (χ1n) is 12.3. The number of hydrogen-bond donors (Lipinski definition) is 2. The van der Waals surface area contributed by atoms with Crippen molar-refractivity contribution in [3.8, 4) is 0 Å². The van der Waals surface area contributed by atoms with Crippen LogP contribution in [-0.2, 0) is 25.7 Å². The number of carbonyl (C=O) groups is 3. The van der Waals surface area contributed by atoms with Gasteiger partial charge in [0.25, 0.3) is 5.91 Å². The number of nitrogens with one attached hydrogen (secondary N) is 2. The Balaban J connectivity index is 1.45. The number of hydrogen-bond acceptors (Lipinski definition) is 8. The molecule has 37 heavy (non-hydrogen) atoms. The van der Waals surface area contributed by atoms with Crippen LogP contribution in [0, 0.1) is 0 Å². The van der Waals surface area contributed by atoms with Crippen LogP contribution in [-0.4, -0.2) is 65.2 Å². The summed E-state index contributed by atoms with van der Waals surface area (Å²) in [5, 5.41) is 5.73. The Morgan fingerprint density at radius 3 is 2.81 bits per heavy atom. The third-order valence-electron chi connectivity index (χ3n) is 5.97. The van der Waals surface area contributed by atoms with E-state index in [4.69, 9.17) is 19.1 Å². The summed E-state index contributed by atoms with van der Waals surface area (Å²) < 4.78 is 10.3. The van der Waals surface area contributed by atoms with E-state index in [1.165, 1.54) is 16.7 Å². The van der Waals surface area contributed by atoms with E-state index >= 15 is 0 Å². The first kappa shape index (κ1) is 26.6. The van der Waals surface area contributed by atoms with E-state index in [9.17, 15) is 14.4 Å². The number of furan rings is 1. The predicted octanol–water partition coefficient (Wildman–Crippen LogP) is 3.00.